The molecule has 8 heteroatoms. The van der Waals surface area contributed by atoms with Crippen LogP contribution >= 0.6 is 0 Å². The Kier molecular flexibility index (Phi) is 7.04. The molecule has 1 heterocycles. The van der Waals surface area contributed by atoms with Crippen LogP contribution in [-0.4, -0.2) is 55.4 Å². The third-order valence-electron chi connectivity index (χ3n) is 5.54. The van der Waals surface area contributed by atoms with Gasteiger partial charge in [0.2, 0.25) is 5.91 Å². The van der Waals surface area contributed by atoms with Crippen molar-refractivity contribution in [3.8, 4) is 0 Å². The van der Waals surface area contributed by atoms with E-state index in [1.807, 2.05) is 6.92 Å². The standard InChI is InChI=1S/C19H33NO6Si/c1-11(2)16(18(24)25-7)20-13(10-14(21)22)15(17(20)23)12(3)26-27(8,9)19(4,5)6/h12-13,15H,10H2,1-9H3,(H,21,22)/t12-,13-,15-/m1/s1. The zero-order valence-electron chi connectivity index (χ0n) is 17.9. The second kappa shape index (κ2) is 8.14. The minimum atomic E-state index is -2.13. The van der Waals surface area contributed by atoms with E-state index in [0.717, 1.165) is 0 Å². The van der Waals surface area contributed by atoms with Crippen LogP contribution in [-0.2, 0) is 23.5 Å². The van der Waals surface area contributed by atoms with Gasteiger partial charge in [-0.2, -0.15) is 0 Å². The first-order valence-electron chi connectivity index (χ1n) is 9.14. The fraction of sp³-hybridized carbons (Fsp3) is 0.737. The van der Waals surface area contributed by atoms with Gasteiger partial charge in [-0.1, -0.05) is 20.8 Å². The number of amides is 1. The first-order chi connectivity index (χ1) is 12.2. The number of β-lactam (4-membered cyclic amide) rings is 1. The number of aliphatic carboxylic acids is 1. The fourth-order valence-electron chi connectivity index (χ4n) is 3.11. The Hall–Kier alpha value is -1.67. The maximum absolute atomic E-state index is 12.9. The van der Waals surface area contributed by atoms with Gasteiger partial charge in [-0.25, -0.2) is 4.79 Å². The van der Waals surface area contributed by atoms with Crippen molar-refractivity contribution >= 4 is 26.2 Å². The molecule has 0 aliphatic carbocycles. The Morgan fingerprint density at radius 2 is 1.78 bits per heavy atom. The summed E-state index contributed by atoms with van der Waals surface area (Å²) in [6, 6.07) is -0.640. The predicted octanol–water partition coefficient (Wildman–Crippen LogP) is 3.17. The molecule has 1 saturated heterocycles. The lowest BCUT2D eigenvalue weighted by Crippen LogP contribution is -2.66. The lowest BCUT2D eigenvalue weighted by molar-refractivity contribution is -0.166. The molecule has 0 aromatic carbocycles. The molecule has 1 rings (SSSR count). The molecule has 0 aromatic heterocycles. The van der Waals surface area contributed by atoms with Gasteiger partial charge in [0.1, 0.15) is 5.70 Å². The summed E-state index contributed by atoms with van der Waals surface area (Å²) < 4.78 is 11.1. The van der Waals surface area contributed by atoms with Crippen LogP contribution in [0.5, 0.6) is 0 Å². The second-order valence-electron chi connectivity index (χ2n) is 8.82. The Morgan fingerprint density at radius 1 is 1.26 bits per heavy atom. The number of nitrogens with zero attached hydrogens (tertiary/aromatic N) is 1. The number of carbonyl (C=O) groups is 3. The highest BCUT2D eigenvalue weighted by Gasteiger charge is 2.55. The molecule has 1 fully saturated rings. The van der Waals surface area contributed by atoms with Crippen molar-refractivity contribution in [3.63, 3.8) is 0 Å². The minimum Gasteiger partial charge on any atom is -0.481 e. The molecule has 154 valence electrons. The Morgan fingerprint density at radius 3 is 2.15 bits per heavy atom. The highest BCUT2D eigenvalue weighted by molar-refractivity contribution is 6.74. The summed E-state index contributed by atoms with van der Waals surface area (Å²) in [6.07, 6.45) is -0.690. The van der Waals surface area contributed by atoms with Crippen molar-refractivity contribution in [2.75, 3.05) is 7.11 Å². The molecule has 1 aliphatic heterocycles. The van der Waals surface area contributed by atoms with E-state index in [0.29, 0.717) is 5.57 Å². The maximum atomic E-state index is 12.9. The molecule has 1 aliphatic rings. The number of carboxylic acids is 1. The van der Waals surface area contributed by atoms with Crippen molar-refractivity contribution in [2.24, 2.45) is 5.92 Å². The zero-order valence-corrected chi connectivity index (χ0v) is 18.9. The van der Waals surface area contributed by atoms with Gasteiger partial charge in [-0.15, -0.1) is 0 Å². The van der Waals surface area contributed by atoms with Crippen LogP contribution in [0.25, 0.3) is 0 Å². The van der Waals surface area contributed by atoms with Gasteiger partial charge >= 0.3 is 11.9 Å². The Labute approximate surface area is 162 Å². The normalized spacial score (nSPS) is 21.4. The number of methoxy groups -OCH3 is 1. The van der Waals surface area contributed by atoms with Gasteiger partial charge in [0.05, 0.1) is 31.6 Å². The molecule has 1 N–H and O–H groups in total. The molecule has 7 nitrogen and oxygen atoms in total. The SMILES string of the molecule is COC(=O)C(=C(C)C)N1C(=O)[C@H]([C@@H](C)O[Si](C)(C)C(C)(C)C)[C@H]1CC(=O)O. The summed E-state index contributed by atoms with van der Waals surface area (Å²) >= 11 is 0. The first-order valence-corrected chi connectivity index (χ1v) is 12.0. The number of hydrogen-bond donors (Lipinski definition) is 1. The number of rotatable bonds is 7. The van der Waals surface area contributed by atoms with Crippen LogP contribution < -0.4 is 0 Å². The van der Waals surface area contributed by atoms with E-state index in [9.17, 15) is 19.5 Å². The average molecular weight is 400 g/mol. The van der Waals surface area contributed by atoms with E-state index < -0.39 is 38.3 Å². The summed E-state index contributed by atoms with van der Waals surface area (Å²) in [5, 5.41) is 9.29. The van der Waals surface area contributed by atoms with Crippen molar-refractivity contribution in [3.05, 3.63) is 11.3 Å². The lowest BCUT2D eigenvalue weighted by atomic mass is 9.80. The largest absolute Gasteiger partial charge is 0.481 e. The summed E-state index contributed by atoms with van der Waals surface area (Å²) in [7, 11) is -0.895. The van der Waals surface area contributed by atoms with Gasteiger partial charge in [0.25, 0.3) is 0 Å². The highest BCUT2D eigenvalue weighted by Crippen LogP contribution is 2.42. The fourth-order valence-corrected chi connectivity index (χ4v) is 4.54. The molecular weight excluding hydrogens is 366 g/mol. The Balaban J connectivity index is 3.19. The molecule has 0 spiro atoms. The summed E-state index contributed by atoms with van der Waals surface area (Å²) in [5.41, 5.74) is 0.714. The van der Waals surface area contributed by atoms with Gasteiger partial charge < -0.3 is 19.2 Å². The summed E-state index contributed by atoms with van der Waals surface area (Å²) in [6.45, 7) is 15.7. The van der Waals surface area contributed by atoms with E-state index in [-0.39, 0.29) is 23.1 Å². The molecule has 0 unspecified atom stereocenters. The molecule has 27 heavy (non-hydrogen) atoms. The number of carbonyl (C=O) groups excluding carboxylic acids is 2. The smallest absolute Gasteiger partial charge is 0.354 e. The number of esters is 1. The van der Waals surface area contributed by atoms with E-state index in [4.69, 9.17) is 9.16 Å². The molecular formula is C19H33NO6Si. The number of likely N-dealkylation sites (tertiary alicyclic amines) is 1. The lowest BCUT2D eigenvalue weighted by Gasteiger charge is -2.51. The van der Waals surface area contributed by atoms with Gasteiger partial charge in [-0.3, -0.25) is 9.59 Å². The van der Waals surface area contributed by atoms with Gasteiger partial charge in [0.15, 0.2) is 8.32 Å². The minimum absolute atomic E-state index is 0.0346. The highest BCUT2D eigenvalue weighted by atomic mass is 28.4. The topological polar surface area (TPSA) is 93.1 Å². The van der Waals surface area contributed by atoms with E-state index in [2.05, 4.69) is 33.9 Å². The number of allylic oxidation sites excluding steroid dienone is 1. The Bertz CT molecular complexity index is 645. The first kappa shape index (κ1) is 23.4. The molecule has 0 aromatic rings. The third-order valence-corrected chi connectivity index (χ3v) is 10.1. The predicted molar refractivity (Wildman–Crippen MR) is 105 cm³/mol. The monoisotopic (exact) mass is 399 g/mol. The van der Waals surface area contributed by atoms with E-state index in [1.54, 1.807) is 13.8 Å². The van der Waals surface area contributed by atoms with Crippen molar-refractivity contribution < 1.29 is 28.7 Å². The number of ether oxygens (including phenoxy) is 1. The molecule has 1 amide bonds. The van der Waals surface area contributed by atoms with Crippen LogP contribution in [0.2, 0.25) is 18.1 Å². The van der Waals surface area contributed by atoms with Crippen molar-refractivity contribution in [1.82, 2.24) is 4.90 Å². The van der Waals surface area contributed by atoms with Gasteiger partial charge in [0, 0.05) is 0 Å². The average Bonchev–Trinajstić information content (AvgIpc) is 2.48. The quantitative estimate of drug-likeness (QED) is 0.306. The summed E-state index contributed by atoms with van der Waals surface area (Å²) in [4.78, 5) is 37.7. The van der Waals surface area contributed by atoms with Gasteiger partial charge in [-0.05, 0) is 44.5 Å². The molecule has 0 saturated carbocycles. The van der Waals surface area contributed by atoms with Crippen LogP contribution in [0.4, 0.5) is 0 Å². The molecule has 0 radical (unpaired) electrons. The van der Waals surface area contributed by atoms with Crippen LogP contribution in [0.1, 0.15) is 48.0 Å². The number of carboxylic acid groups (broad SMARTS) is 1. The van der Waals surface area contributed by atoms with Crippen LogP contribution in [0, 0.1) is 5.92 Å². The van der Waals surface area contributed by atoms with E-state index >= 15 is 0 Å². The second-order valence-corrected chi connectivity index (χ2v) is 13.6. The molecule has 0 bridgehead atoms. The molecule has 3 atom stereocenters. The van der Waals surface area contributed by atoms with Crippen LogP contribution in [0.15, 0.2) is 11.3 Å². The number of hydrogen-bond acceptors (Lipinski definition) is 5. The third kappa shape index (κ3) is 4.79. The van der Waals surface area contributed by atoms with Crippen molar-refractivity contribution in [1.29, 1.82) is 0 Å². The maximum Gasteiger partial charge on any atom is 0.354 e. The van der Waals surface area contributed by atoms with Crippen molar-refractivity contribution in [2.45, 2.75) is 78.2 Å². The van der Waals surface area contributed by atoms with Crippen LogP contribution in [0.3, 0.4) is 0 Å². The summed E-state index contributed by atoms with van der Waals surface area (Å²) in [5.74, 6) is -2.57. The zero-order chi connectivity index (χ0) is 21.3. The van der Waals surface area contributed by atoms with E-state index in [1.165, 1.54) is 12.0 Å².